The summed E-state index contributed by atoms with van der Waals surface area (Å²) in [5, 5.41) is 4.65. The lowest BCUT2D eigenvalue weighted by molar-refractivity contribution is -0.870. The SMILES string of the molecule is C[N+](C)(C)CCOC(=O)c1cccc(-c2nc(NC(=O)C3(c4ccc5c(c4)OC(F)(F)O5)CC3)cc3ccccc23)c1.[Cl-]. The summed E-state index contributed by atoms with van der Waals surface area (Å²) in [7, 11) is 6.08. The van der Waals surface area contributed by atoms with Crippen LogP contribution in [0.3, 0.4) is 0 Å². The van der Waals surface area contributed by atoms with Gasteiger partial charge in [-0.3, -0.25) is 4.79 Å². The first-order chi connectivity index (χ1) is 19.9. The summed E-state index contributed by atoms with van der Waals surface area (Å²) in [6.45, 7) is 0.975. The molecule has 0 saturated heterocycles. The van der Waals surface area contributed by atoms with Gasteiger partial charge in [0.05, 0.1) is 37.8 Å². The van der Waals surface area contributed by atoms with Crippen molar-refractivity contribution >= 4 is 28.5 Å². The van der Waals surface area contributed by atoms with Crippen LogP contribution in [0.15, 0.2) is 72.8 Å². The van der Waals surface area contributed by atoms with E-state index < -0.39 is 17.7 Å². The maximum atomic E-state index is 13.6. The predicted molar refractivity (Wildman–Crippen MR) is 153 cm³/mol. The van der Waals surface area contributed by atoms with Crippen LogP contribution in [0.2, 0.25) is 0 Å². The van der Waals surface area contributed by atoms with E-state index in [1.807, 2.05) is 51.5 Å². The van der Waals surface area contributed by atoms with Crippen molar-refractivity contribution in [1.29, 1.82) is 0 Å². The van der Waals surface area contributed by atoms with Crippen molar-refractivity contribution in [3.63, 3.8) is 0 Å². The first-order valence-electron chi connectivity index (χ1n) is 13.6. The summed E-state index contributed by atoms with van der Waals surface area (Å²) >= 11 is 0. The molecule has 8 nitrogen and oxygen atoms in total. The summed E-state index contributed by atoms with van der Waals surface area (Å²) in [4.78, 5) is 31.2. The number of fused-ring (bicyclic) bond motifs is 2. The van der Waals surface area contributed by atoms with E-state index in [9.17, 15) is 18.4 Å². The monoisotopic (exact) mass is 609 g/mol. The lowest BCUT2D eigenvalue weighted by atomic mass is 9.94. The number of halogens is 3. The van der Waals surface area contributed by atoms with Crippen molar-refractivity contribution in [1.82, 2.24) is 4.98 Å². The number of carbonyl (C=O) groups excluding carboxylic acids is 2. The average Bonchev–Trinajstić information content (AvgIpc) is 3.69. The molecule has 1 aliphatic carbocycles. The summed E-state index contributed by atoms with van der Waals surface area (Å²) in [5.41, 5.74) is 1.37. The number of likely N-dealkylation sites (N-methyl/N-ethyl adjacent to an activating group) is 1. The first kappa shape index (κ1) is 30.2. The van der Waals surface area contributed by atoms with Crippen LogP contribution in [0, 0.1) is 0 Å². The zero-order valence-corrected chi connectivity index (χ0v) is 24.6. The molecule has 2 heterocycles. The fourth-order valence-electron chi connectivity index (χ4n) is 5.03. The van der Waals surface area contributed by atoms with Gasteiger partial charge in [0.2, 0.25) is 5.91 Å². The zero-order chi connectivity index (χ0) is 29.7. The van der Waals surface area contributed by atoms with Crippen LogP contribution in [-0.4, -0.2) is 61.9 Å². The second-order valence-corrected chi connectivity index (χ2v) is 11.7. The number of hydrogen-bond donors (Lipinski definition) is 1. The Morgan fingerprint density at radius 1 is 0.953 bits per heavy atom. The second-order valence-electron chi connectivity index (χ2n) is 11.7. The van der Waals surface area contributed by atoms with E-state index in [1.165, 1.54) is 12.1 Å². The van der Waals surface area contributed by atoms with Crippen molar-refractivity contribution < 1.29 is 49.5 Å². The van der Waals surface area contributed by atoms with Gasteiger partial charge in [-0.05, 0) is 54.1 Å². The van der Waals surface area contributed by atoms with Gasteiger partial charge in [0.15, 0.2) is 11.5 Å². The number of rotatable bonds is 8. The standard InChI is InChI=1S/C32H29F2N3O5.ClH/c1-37(2,3)15-16-40-29(38)22-9-6-8-21(17-22)28-24-10-5-4-7-20(24)18-27(35-28)36-30(39)31(13-14-31)23-11-12-25-26(19-23)42-32(33,34)41-25;/h4-12,17-19H,13-16H2,1-3H3;1H. The Labute approximate surface area is 253 Å². The number of ether oxygens (including phenoxy) is 3. The largest absolute Gasteiger partial charge is 1.00 e. The maximum Gasteiger partial charge on any atom is 0.586 e. The highest BCUT2D eigenvalue weighted by Crippen LogP contribution is 2.52. The number of pyridine rings is 1. The molecular weight excluding hydrogens is 580 g/mol. The Bertz CT molecular complexity index is 1720. The Hall–Kier alpha value is -4.28. The number of nitrogens with zero attached hydrogens (tertiary/aromatic N) is 2. The minimum Gasteiger partial charge on any atom is -1.00 e. The molecule has 1 amide bonds. The molecule has 0 unspecified atom stereocenters. The third kappa shape index (κ3) is 6.25. The normalized spacial score (nSPS) is 15.8. The summed E-state index contributed by atoms with van der Waals surface area (Å²) in [5.74, 6) is -0.547. The van der Waals surface area contributed by atoms with E-state index in [4.69, 9.17) is 9.72 Å². The molecule has 0 atom stereocenters. The fraction of sp³-hybridized carbons (Fsp3) is 0.281. The smallest absolute Gasteiger partial charge is 0.586 e. The molecule has 6 rings (SSSR count). The number of quaternary nitrogens is 1. The number of hydrogen-bond acceptors (Lipinski definition) is 6. The van der Waals surface area contributed by atoms with Crippen molar-refractivity contribution in [2.75, 3.05) is 39.6 Å². The molecule has 1 aromatic heterocycles. The molecule has 0 spiro atoms. The van der Waals surface area contributed by atoms with Crippen molar-refractivity contribution in [3.05, 3.63) is 83.9 Å². The molecule has 2 aliphatic rings. The minimum atomic E-state index is -3.73. The quantitative estimate of drug-likeness (QED) is 0.244. The number of anilines is 1. The molecule has 1 saturated carbocycles. The van der Waals surface area contributed by atoms with E-state index >= 15 is 0 Å². The molecule has 0 radical (unpaired) electrons. The van der Waals surface area contributed by atoms with E-state index in [0.29, 0.717) is 58.7 Å². The van der Waals surface area contributed by atoms with E-state index in [2.05, 4.69) is 14.8 Å². The van der Waals surface area contributed by atoms with Crippen LogP contribution in [0.25, 0.3) is 22.0 Å². The van der Waals surface area contributed by atoms with Gasteiger partial charge in [-0.2, -0.15) is 0 Å². The molecule has 3 aromatic carbocycles. The molecule has 0 bridgehead atoms. The lowest BCUT2D eigenvalue weighted by Crippen LogP contribution is -3.00. The molecular formula is C32H30ClF2N3O5. The highest BCUT2D eigenvalue weighted by atomic mass is 35.5. The van der Waals surface area contributed by atoms with Crippen molar-refractivity contribution in [2.24, 2.45) is 0 Å². The predicted octanol–water partition coefficient (Wildman–Crippen LogP) is 2.76. The third-order valence-electron chi connectivity index (χ3n) is 7.49. The van der Waals surface area contributed by atoms with Crippen LogP contribution in [0.4, 0.5) is 14.6 Å². The molecule has 43 heavy (non-hydrogen) atoms. The van der Waals surface area contributed by atoms with Crippen LogP contribution in [-0.2, 0) is 14.9 Å². The number of amides is 1. The van der Waals surface area contributed by atoms with E-state index in [0.717, 1.165) is 10.8 Å². The van der Waals surface area contributed by atoms with Gasteiger partial charge in [0, 0.05) is 10.9 Å². The van der Waals surface area contributed by atoms with E-state index in [1.54, 1.807) is 30.3 Å². The lowest BCUT2D eigenvalue weighted by Gasteiger charge is -2.23. The molecule has 1 N–H and O–H groups in total. The maximum absolute atomic E-state index is 13.6. The highest BCUT2D eigenvalue weighted by molar-refractivity contribution is 6.04. The first-order valence-corrected chi connectivity index (χ1v) is 13.6. The summed E-state index contributed by atoms with van der Waals surface area (Å²) < 4.78 is 42.3. The number of esters is 1. The van der Waals surface area contributed by atoms with Gasteiger partial charge in [-0.25, -0.2) is 9.78 Å². The summed E-state index contributed by atoms with van der Waals surface area (Å²) in [6.07, 6.45) is -2.63. The third-order valence-corrected chi connectivity index (χ3v) is 7.49. The Morgan fingerprint density at radius 3 is 2.44 bits per heavy atom. The van der Waals surface area contributed by atoms with Crippen molar-refractivity contribution in [2.45, 2.75) is 24.6 Å². The molecule has 1 fully saturated rings. The van der Waals surface area contributed by atoms with Gasteiger partial charge >= 0.3 is 12.3 Å². The number of alkyl halides is 2. The van der Waals surface area contributed by atoms with Crippen LogP contribution >= 0.6 is 0 Å². The second kappa shape index (κ2) is 11.1. The Kier molecular flexibility index (Phi) is 7.79. The van der Waals surface area contributed by atoms with Crippen LogP contribution < -0.4 is 27.2 Å². The number of nitrogens with one attached hydrogen (secondary N) is 1. The van der Waals surface area contributed by atoms with Gasteiger partial charge in [0.1, 0.15) is 19.0 Å². The van der Waals surface area contributed by atoms with Gasteiger partial charge in [-0.1, -0.05) is 42.5 Å². The number of benzene rings is 3. The minimum absolute atomic E-state index is 0. The van der Waals surface area contributed by atoms with Crippen LogP contribution in [0.1, 0.15) is 28.8 Å². The van der Waals surface area contributed by atoms with E-state index in [-0.39, 0.29) is 29.8 Å². The molecule has 1 aliphatic heterocycles. The number of aromatic nitrogens is 1. The highest BCUT2D eigenvalue weighted by Gasteiger charge is 2.53. The molecule has 224 valence electrons. The van der Waals surface area contributed by atoms with Gasteiger partial charge in [0.25, 0.3) is 0 Å². The number of carbonyl (C=O) groups is 2. The fourth-order valence-corrected chi connectivity index (χ4v) is 5.03. The van der Waals surface area contributed by atoms with Crippen LogP contribution in [0.5, 0.6) is 11.5 Å². The average molecular weight is 610 g/mol. The Balaban J connectivity index is 0.00000368. The summed E-state index contributed by atoms with van der Waals surface area (Å²) in [6, 6.07) is 20.9. The van der Waals surface area contributed by atoms with Gasteiger partial charge in [-0.15, -0.1) is 8.78 Å². The zero-order valence-electron chi connectivity index (χ0n) is 23.8. The molecule has 4 aromatic rings. The topological polar surface area (TPSA) is 86.8 Å². The Morgan fingerprint density at radius 2 is 1.70 bits per heavy atom. The molecule has 11 heteroatoms. The van der Waals surface area contributed by atoms with Crippen molar-refractivity contribution in [3.8, 4) is 22.8 Å². The van der Waals surface area contributed by atoms with Gasteiger partial charge < -0.3 is 36.4 Å².